The van der Waals surface area contributed by atoms with Crippen molar-refractivity contribution in [2.75, 3.05) is 0 Å². The Balaban J connectivity index is 2.12. The van der Waals surface area contributed by atoms with Gasteiger partial charge in [0.15, 0.2) is 0 Å². The molecule has 1 rings (SSSR count). The van der Waals surface area contributed by atoms with Crippen LogP contribution in [0.3, 0.4) is 0 Å². The highest BCUT2D eigenvalue weighted by molar-refractivity contribution is 7.09. The molecule has 2 heteroatoms. The molecule has 0 aliphatic heterocycles. The fraction of sp³-hybridized carbons (Fsp3) is 0.750. The molecule has 0 radical (unpaired) electrons. The summed E-state index contributed by atoms with van der Waals surface area (Å²) in [4.78, 5) is 0. The van der Waals surface area contributed by atoms with Gasteiger partial charge in [-0.05, 0) is 12.3 Å². The lowest BCUT2D eigenvalue weighted by Gasteiger charge is -2.09. The largest absolute Gasteiger partial charge is 0.361 e. The van der Waals surface area contributed by atoms with Crippen molar-refractivity contribution >= 4 is 9.47 Å². The van der Waals surface area contributed by atoms with Gasteiger partial charge in [0.2, 0.25) is 0 Å². The average molecular weight is 156 g/mol. The maximum atomic E-state index is 5.16. The van der Waals surface area contributed by atoms with Gasteiger partial charge in [0.05, 0.1) is 6.10 Å². The molecule has 0 saturated heterocycles. The number of hydrogen-bond donors (Lipinski definition) is 0. The molecule has 1 fully saturated rings. The van der Waals surface area contributed by atoms with Crippen molar-refractivity contribution < 1.29 is 4.52 Å². The summed E-state index contributed by atoms with van der Waals surface area (Å²) in [5.74, 6) is 3.52. The molecule has 0 amide bonds. The average Bonchev–Trinajstić information content (AvgIpc) is 2.71. The minimum atomic E-state index is 0.280. The van der Waals surface area contributed by atoms with E-state index in [0.29, 0.717) is 0 Å². The van der Waals surface area contributed by atoms with E-state index in [1.807, 2.05) is 0 Å². The predicted molar refractivity (Wildman–Crippen MR) is 45.4 cm³/mol. The zero-order chi connectivity index (χ0) is 7.40. The fourth-order valence-electron chi connectivity index (χ4n) is 1.04. The van der Waals surface area contributed by atoms with Crippen LogP contribution in [0.15, 0.2) is 0 Å². The molecule has 1 aliphatic rings. The highest BCUT2D eigenvalue weighted by Crippen LogP contribution is 2.35. The molecule has 0 spiro atoms. The zero-order valence-electron chi connectivity index (χ0n) is 6.05. The van der Waals surface area contributed by atoms with Crippen LogP contribution < -0.4 is 0 Å². The van der Waals surface area contributed by atoms with E-state index in [2.05, 4.69) is 15.4 Å². The molecule has 0 N–H and O–H groups in total. The van der Waals surface area contributed by atoms with E-state index in [1.165, 1.54) is 12.8 Å². The monoisotopic (exact) mass is 156 g/mol. The van der Waals surface area contributed by atoms with Crippen LogP contribution in [0.1, 0.15) is 25.7 Å². The lowest BCUT2D eigenvalue weighted by atomic mass is 10.1. The first-order valence-corrected chi connectivity index (χ1v) is 4.13. The Labute approximate surface area is 64.8 Å². The third-order valence-electron chi connectivity index (χ3n) is 1.83. The van der Waals surface area contributed by atoms with Crippen LogP contribution >= 0.6 is 9.47 Å². The van der Waals surface area contributed by atoms with Crippen molar-refractivity contribution in [1.29, 1.82) is 0 Å². The van der Waals surface area contributed by atoms with Gasteiger partial charge in [-0.1, -0.05) is 12.8 Å². The van der Waals surface area contributed by atoms with E-state index in [-0.39, 0.29) is 6.10 Å². The maximum Gasteiger partial charge on any atom is 0.0722 e. The first-order valence-electron chi connectivity index (χ1n) is 3.65. The fourth-order valence-corrected chi connectivity index (χ4v) is 1.25. The lowest BCUT2D eigenvalue weighted by molar-refractivity contribution is 0.224. The third kappa shape index (κ3) is 2.69. The van der Waals surface area contributed by atoms with Gasteiger partial charge in [0.1, 0.15) is 0 Å². The van der Waals surface area contributed by atoms with Gasteiger partial charge >= 0.3 is 0 Å². The summed E-state index contributed by atoms with van der Waals surface area (Å²) in [5.41, 5.74) is 0. The molecule has 0 aromatic heterocycles. The van der Waals surface area contributed by atoms with Gasteiger partial charge in [-0.3, -0.25) is 0 Å². The molecule has 0 aromatic rings. The van der Waals surface area contributed by atoms with Crippen molar-refractivity contribution in [3.63, 3.8) is 0 Å². The van der Waals surface area contributed by atoms with Crippen molar-refractivity contribution in [3.8, 4) is 12.3 Å². The van der Waals surface area contributed by atoms with Crippen LogP contribution in [0.25, 0.3) is 0 Å². The summed E-state index contributed by atoms with van der Waals surface area (Å²) in [5, 5.41) is 0. The summed E-state index contributed by atoms with van der Waals surface area (Å²) >= 11 is 0. The highest BCUT2D eigenvalue weighted by Gasteiger charge is 2.24. The van der Waals surface area contributed by atoms with Crippen molar-refractivity contribution in [2.45, 2.75) is 31.8 Å². The van der Waals surface area contributed by atoms with Gasteiger partial charge in [-0.2, -0.15) is 0 Å². The van der Waals surface area contributed by atoms with E-state index >= 15 is 0 Å². The molecule has 56 valence electrons. The summed E-state index contributed by atoms with van der Waals surface area (Å²) < 4.78 is 5.12. The lowest BCUT2D eigenvalue weighted by Crippen LogP contribution is -2.06. The van der Waals surface area contributed by atoms with Crippen LogP contribution in [-0.2, 0) is 4.52 Å². The smallest absolute Gasteiger partial charge is 0.0722 e. The van der Waals surface area contributed by atoms with Crippen molar-refractivity contribution in [1.82, 2.24) is 0 Å². The standard InChI is InChI=1S/C8H13OP/c1-2-3-8(9-10)6-7-4-5-7/h1,7-8H,3-6,10H2/t8-/m1/s1. The first kappa shape index (κ1) is 8.05. The Morgan fingerprint density at radius 1 is 1.70 bits per heavy atom. The molecule has 2 atom stereocenters. The van der Waals surface area contributed by atoms with Gasteiger partial charge in [-0.25, -0.2) is 0 Å². The molecule has 1 aliphatic carbocycles. The summed E-state index contributed by atoms with van der Waals surface area (Å²) in [7, 11) is 2.29. The third-order valence-corrected chi connectivity index (χ3v) is 2.22. The molecule has 10 heavy (non-hydrogen) atoms. The van der Waals surface area contributed by atoms with Gasteiger partial charge in [-0.15, -0.1) is 12.3 Å². The molecular weight excluding hydrogens is 143 g/mol. The van der Waals surface area contributed by atoms with Crippen LogP contribution in [0.5, 0.6) is 0 Å². The van der Waals surface area contributed by atoms with Crippen molar-refractivity contribution in [2.24, 2.45) is 5.92 Å². The first-order chi connectivity index (χ1) is 4.86. The molecular formula is C8H13OP. The number of rotatable bonds is 4. The molecule has 1 nitrogen and oxygen atoms in total. The number of terminal acetylenes is 1. The van der Waals surface area contributed by atoms with Crippen LogP contribution in [0.4, 0.5) is 0 Å². The van der Waals surface area contributed by atoms with E-state index in [4.69, 9.17) is 10.9 Å². The Bertz CT molecular complexity index is 135. The quantitative estimate of drug-likeness (QED) is 0.446. The zero-order valence-corrected chi connectivity index (χ0v) is 7.20. The molecule has 0 bridgehead atoms. The second-order valence-electron chi connectivity index (χ2n) is 2.85. The predicted octanol–water partition coefficient (Wildman–Crippen LogP) is 1.99. The maximum absolute atomic E-state index is 5.16. The normalized spacial score (nSPS) is 20.0. The van der Waals surface area contributed by atoms with Gasteiger partial charge in [0.25, 0.3) is 0 Å². The highest BCUT2D eigenvalue weighted by atomic mass is 31.0. The molecule has 0 aromatic carbocycles. The topological polar surface area (TPSA) is 9.23 Å². The summed E-state index contributed by atoms with van der Waals surface area (Å²) in [6, 6.07) is 0. The van der Waals surface area contributed by atoms with E-state index in [1.54, 1.807) is 0 Å². The number of hydrogen-bond acceptors (Lipinski definition) is 1. The minimum Gasteiger partial charge on any atom is -0.361 e. The Morgan fingerprint density at radius 3 is 2.80 bits per heavy atom. The van der Waals surface area contributed by atoms with Crippen LogP contribution in [0, 0.1) is 18.3 Å². The Kier molecular flexibility index (Phi) is 3.19. The van der Waals surface area contributed by atoms with Crippen LogP contribution in [0.2, 0.25) is 0 Å². The minimum absolute atomic E-state index is 0.280. The van der Waals surface area contributed by atoms with E-state index in [0.717, 1.165) is 18.8 Å². The van der Waals surface area contributed by atoms with E-state index in [9.17, 15) is 0 Å². The second-order valence-corrected chi connectivity index (χ2v) is 3.12. The van der Waals surface area contributed by atoms with Gasteiger partial charge < -0.3 is 4.52 Å². The molecule has 1 saturated carbocycles. The molecule has 1 unspecified atom stereocenters. The van der Waals surface area contributed by atoms with Gasteiger partial charge in [0, 0.05) is 15.9 Å². The van der Waals surface area contributed by atoms with Crippen LogP contribution in [-0.4, -0.2) is 6.10 Å². The summed E-state index contributed by atoms with van der Waals surface area (Å²) in [6.07, 6.45) is 10.1. The van der Waals surface area contributed by atoms with E-state index < -0.39 is 0 Å². The molecule has 0 heterocycles. The second kappa shape index (κ2) is 3.96. The Morgan fingerprint density at radius 2 is 2.40 bits per heavy atom. The summed E-state index contributed by atoms with van der Waals surface area (Å²) in [6.45, 7) is 0. The SMILES string of the molecule is C#CC[C@H](CC1CC1)OP. The van der Waals surface area contributed by atoms with Crippen molar-refractivity contribution in [3.05, 3.63) is 0 Å². The Hall–Kier alpha value is -0.0500.